The normalized spacial score (nSPS) is 23.5. The van der Waals surface area contributed by atoms with Gasteiger partial charge in [-0.3, -0.25) is 5.32 Å². The molecular formula is C40H36N4. The summed E-state index contributed by atoms with van der Waals surface area (Å²) in [4.78, 5) is 5.46. The fourth-order valence-electron chi connectivity index (χ4n) is 8.20. The zero-order valence-corrected chi connectivity index (χ0v) is 25.2. The number of benzene rings is 4. The van der Waals surface area contributed by atoms with Gasteiger partial charge in [-0.25, -0.2) is 4.99 Å². The summed E-state index contributed by atoms with van der Waals surface area (Å²) < 4.78 is 2.49. The van der Waals surface area contributed by atoms with Crippen molar-refractivity contribution < 1.29 is 0 Å². The summed E-state index contributed by atoms with van der Waals surface area (Å²) in [5.41, 5.74) is 9.10. The summed E-state index contributed by atoms with van der Waals surface area (Å²) in [7, 11) is 0. The number of allylic oxidation sites excluding steroid dienone is 5. The van der Waals surface area contributed by atoms with Crippen LogP contribution in [0.25, 0.3) is 43.7 Å². The van der Waals surface area contributed by atoms with Gasteiger partial charge in [0, 0.05) is 33.1 Å². The molecule has 0 spiro atoms. The molecule has 3 atom stereocenters. The Labute approximate surface area is 258 Å². The standard InChI is InChI=1S/C40H36N4/c1-40(2)31-23-13-11-21-29(31)33-34-30-22-12-14-24-32(30)44(36(34)28-20-10-9-19-27(28)35(33)40)39-42-37(25-15-5-3-6-16-25)41-38(43-39)26-17-7-4-8-18-26/h3,5-7,9-15,17-25,37,39,42H,4,8,16H2,1-2H3,(H,41,43). The fraction of sp³-hybridized carbons (Fsp3) is 0.225. The lowest BCUT2D eigenvalue weighted by atomic mass is 9.79. The van der Waals surface area contributed by atoms with Crippen LogP contribution in [-0.4, -0.2) is 16.6 Å². The van der Waals surface area contributed by atoms with E-state index in [1.165, 1.54) is 60.4 Å². The molecule has 1 aromatic heterocycles. The lowest BCUT2D eigenvalue weighted by molar-refractivity contribution is 0.286. The number of hydrogen-bond donors (Lipinski definition) is 2. The highest BCUT2D eigenvalue weighted by Gasteiger charge is 2.40. The Morgan fingerprint density at radius 3 is 2.45 bits per heavy atom. The second-order valence-corrected chi connectivity index (χ2v) is 13.1. The molecule has 3 unspecified atom stereocenters. The molecular weight excluding hydrogens is 536 g/mol. The molecule has 0 radical (unpaired) electrons. The van der Waals surface area contributed by atoms with E-state index in [0.717, 1.165) is 25.1 Å². The van der Waals surface area contributed by atoms with Crippen LogP contribution in [0, 0.1) is 5.92 Å². The van der Waals surface area contributed by atoms with Crippen LogP contribution in [-0.2, 0) is 5.41 Å². The van der Waals surface area contributed by atoms with Crippen LogP contribution in [0.15, 0.2) is 126 Å². The van der Waals surface area contributed by atoms with Gasteiger partial charge in [0.25, 0.3) is 0 Å². The number of aliphatic imine (C=N–C) groups is 1. The molecule has 4 aromatic carbocycles. The summed E-state index contributed by atoms with van der Waals surface area (Å²) in [6, 6.07) is 27.0. The van der Waals surface area contributed by atoms with E-state index in [4.69, 9.17) is 4.99 Å². The number of nitrogens with one attached hydrogen (secondary N) is 2. The zero-order chi connectivity index (χ0) is 29.4. The third-order valence-corrected chi connectivity index (χ3v) is 10.2. The SMILES string of the molecule is CC1(C)c2ccccc2-c2c1c1ccccc1c1c2c2ccccc2n1C1N=C(C2=CCCC=C2)NC(C2C=CC=CC2)N1. The Bertz CT molecular complexity index is 2150. The summed E-state index contributed by atoms with van der Waals surface area (Å²) >= 11 is 0. The Morgan fingerprint density at radius 1 is 0.841 bits per heavy atom. The monoisotopic (exact) mass is 572 g/mol. The molecule has 0 saturated carbocycles. The Morgan fingerprint density at radius 2 is 1.64 bits per heavy atom. The molecule has 4 aliphatic rings. The first kappa shape index (κ1) is 25.8. The van der Waals surface area contributed by atoms with Crippen LogP contribution in [0.1, 0.15) is 50.5 Å². The number of fused-ring (bicyclic) bond motifs is 10. The topological polar surface area (TPSA) is 41.4 Å². The third-order valence-electron chi connectivity index (χ3n) is 10.2. The van der Waals surface area contributed by atoms with Crippen molar-refractivity contribution in [2.45, 2.75) is 51.0 Å². The van der Waals surface area contributed by atoms with Crippen molar-refractivity contribution in [1.29, 1.82) is 0 Å². The van der Waals surface area contributed by atoms with Gasteiger partial charge >= 0.3 is 0 Å². The lowest BCUT2D eigenvalue weighted by Gasteiger charge is -2.37. The van der Waals surface area contributed by atoms with Crippen molar-refractivity contribution in [3.05, 3.63) is 132 Å². The van der Waals surface area contributed by atoms with Crippen molar-refractivity contribution >= 4 is 38.4 Å². The summed E-state index contributed by atoms with van der Waals surface area (Å²) in [6.07, 6.45) is 18.6. The predicted molar refractivity (Wildman–Crippen MR) is 184 cm³/mol. The van der Waals surface area contributed by atoms with Crippen molar-refractivity contribution in [3.8, 4) is 11.1 Å². The van der Waals surface area contributed by atoms with Crippen molar-refractivity contribution in [2.24, 2.45) is 10.9 Å². The van der Waals surface area contributed by atoms with Crippen LogP contribution in [0.5, 0.6) is 0 Å². The molecule has 3 aliphatic carbocycles. The minimum Gasteiger partial charge on any atom is -0.354 e. The summed E-state index contributed by atoms with van der Waals surface area (Å²) in [5, 5.41) is 13.0. The van der Waals surface area contributed by atoms with E-state index in [1.54, 1.807) is 0 Å². The largest absolute Gasteiger partial charge is 0.354 e. The number of aromatic nitrogens is 1. The quantitative estimate of drug-likeness (QED) is 0.226. The predicted octanol–water partition coefficient (Wildman–Crippen LogP) is 9.04. The molecule has 2 heterocycles. The van der Waals surface area contributed by atoms with Crippen LogP contribution in [0.3, 0.4) is 0 Å². The average Bonchev–Trinajstić information content (AvgIpc) is 3.55. The van der Waals surface area contributed by atoms with Crippen LogP contribution < -0.4 is 10.6 Å². The number of nitrogens with zero attached hydrogens (tertiary/aromatic N) is 2. The van der Waals surface area contributed by atoms with Crippen molar-refractivity contribution in [2.75, 3.05) is 0 Å². The number of hydrogen-bond acceptors (Lipinski definition) is 3. The van der Waals surface area contributed by atoms with Gasteiger partial charge in [0.1, 0.15) is 5.84 Å². The van der Waals surface area contributed by atoms with E-state index in [2.05, 4.69) is 144 Å². The molecule has 216 valence electrons. The first-order valence-corrected chi connectivity index (χ1v) is 16.0. The Balaban J connectivity index is 1.38. The molecule has 0 saturated heterocycles. The molecule has 1 aliphatic heterocycles. The van der Waals surface area contributed by atoms with Gasteiger partial charge in [-0.1, -0.05) is 123 Å². The Kier molecular flexibility index (Phi) is 5.67. The number of amidine groups is 1. The summed E-state index contributed by atoms with van der Waals surface area (Å²) in [5.74, 6) is 1.29. The van der Waals surface area contributed by atoms with Gasteiger partial charge in [-0.05, 0) is 53.0 Å². The van der Waals surface area contributed by atoms with Gasteiger partial charge in [0.05, 0.1) is 17.2 Å². The third kappa shape index (κ3) is 3.64. The van der Waals surface area contributed by atoms with Gasteiger partial charge in [0.2, 0.25) is 0 Å². The second-order valence-electron chi connectivity index (χ2n) is 13.1. The maximum atomic E-state index is 5.46. The maximum absolute atomic E-state index is 5.46. The first-order chi connectivity index (χ1) is 21.6. The van der Waals surface area contributed by atoms with Crippen LogP contribution in [0.2, 0.25) is 0 Å². The lowest BCUT2D eigenvalue weighted by Crippen LogP contribution is -2.55. The van der Waals surface area contributed by atoms with Crippen LogP contribution >= 0.6 is 0 Å². The van der Waals surface area contributed by atoms with E-state index in [0.29, 0.717) is 5.92 Å². The molecule has 0 amide bonds. The van der Waals surface area contributed by atoms with E-state index in [-0.39, 0.29) is 17.9 Å². The zero-order valence-electron chi connectivity index (χ0n) is 25.2. The highest BCUT2D eigenvalue weighted by Crippen LogP contribution is 2.56. The van der Waals surface area contributed by atoms with E-state index in [1.807, 2.05) is 0 Å². The molecule has 5 aromatic rings. The molecule has 0 bridgehead atoms. The first-order valence-electron chi connectivity index (χ1n) is 16.0. The molecule has 4 heteroatoms. The fourth-order valence-corrected chi connectivity index (χ4v) is 8.20. The summed E-state index contributed by atoms with van der Waals surface area (Å²) in [6.45, 7) is 4.78. The Hall–Kier alpha value is -4.67. The van der Waals surface area contributed by atoms with Gasteiger partial charge in [-0.2, -0.15) is 0 Å². The van der Waals surface area contributed by atoms with Gasteiger partial charge in [0.15, 0.2) is 6.29 Å². The van der Waals surface area contributed by atoms with Crippen LogP contribution in [0.4, 0.5) is 0 Å². The van der Waals surface area contributed by atoms with Crippen molar-refractivity contribution in [3.63, 3.8) is 0 Å². The number of rotatable bonds is 3. The second kappa shape index (κ2) is 9.67. The van der Waals surface area contributed by atoms with Gasteiger partial charge < -0.3 is 9.88 Å². The minimum absolute atomic E-state index is 0.0430. The van der Waals surface area contributed by atoms with Gasteiger partial charge in [-0.15, -0.1) is 0 Å². The highest BCUT2D eigenvalue weighted by molar-refractivity contribution is 6.26. The molecule has 2 N–H and O–H groups in total. The minimum atomic E-state index is -0.278. The molecule has 44 heavy (non-hydrogen) atoms. The molecule has 4 nitrogen and oxygen atoms in total. The molecule has 9 rings (SSSR count). The highest BCUT2D eigenvalue weighted by atomic mass is 15.4. The molecule has 0 fully saturated rings. The average molecular weight is 573 g/mol. The van der Waals surface area contributed by atoms with Crippen molar-refractivity contribution in [1.82, 2.24) is 15.2 Å². The van der Waals surface area contributed by atoms with E-state index >= 15 is 0 Å². The smallest absolute Gasteiger partial charge is 0.184 e. The van der Waals surface area contributed by atoms with E-state index < -0.39 is 0 Å². The van der Waals surface area contributed by atoms with E-state index in [9.17, 15) is 0 Å². The number of para-hydroxylation sites is 1. The maximum Gasteiger partial charge on any atom is 0.184 e.